The third kappa shape index (κ3) is 5.21. The van der Waals surface area contributed by atoms with Gasteiger partial charge in [-0.3, -0.25) is 0 Å². The Kier molecular flexibility index (Phi) is 7.07. The van der Waals surface area contributed by atoms with Crippen LogP contribution in [0.15, 0.2) is 36.5 Å². The monoisotopic (exact) mass is 585 g/mol. The summed E-state index contributed by atoms with van der Waals surface area (Å²) in [6, 6.07) is 7.75. The highest BCUT2D eigenvalue weighted by atomic mass is 32.2. The summed E-state index contributed by atoms with van der Waals surface area (Å²) in [6.07, 6.45) is 3.84. The second-order valence-corrected chi connectivity index (χ2v) is 14.1. The Labute approximate surface area is 238 Å². The van der Waals surface area contributed by atoms with E-state index in [1.54, 1.807) is 18.3 Å². The first-order chi connectivity index (χ1) is 19.4. The van der Waals surface area contributed by atoms with Gasteiger partial charge < -0.3 is 19.7 Å². The average Bonchev–Trinajstić information content (AvgIpc) is 3.45. The molecule has 41 heavy (non-hydrogen) atoms. The first-order valence-electron chi connectivity index (χ1n) is 13.8. The van der Waals surface area contributed by atoms with Crippen LogP contribution in [0.25, 0.3) is 11.1 Å². The summed E-state index contributed by atoms with van der Waals surface area (Å²) in [5.74, 6) is -0.389. The number of aliphatic hydroxyl groups is 2. The van der Waals surface area contributed by atoms with E-state index in [4.69, 9.17) is 9.47 Å². The number of pyridine rings is 1. The van der Waals surface area contributed by atoms with Crippen molar-refractivity contribution in [3.63, 3.8) is 0 Å². The Morgan fingerprint density at radius 1 is 0.976 bits per heavy atom. The number of benzene rings is 2. The van der Waals surface area contributed by atoms with Crippen molar-refractivity contribution in [2.45, 2.75) is 75.6 Å². The predicted molar refractivity (Wildman–Crippen MR) is 149 cm³/mol. The minimum atomic E-state index is -3.08. The van der Waals surface area contributed by atoms with Crippen LogP contribution < -0.4 is 9.47 Å². The van der Waals surface area contributed by atoms with Crippen LogP contribution in [0.3, 0.4) is 0 Å². The topological polar surface area (TPSA) is 106 Å². The predicted octanol–water partition coefficient (Wildman–Crippen LogP) is 5.08. The number of halogens is 2. The maximum absolute atomic E-state index is 15.1. The first-order valence-corrected chi connectivity index (χ1v) is 15.8. The molecule has 3 aromatic rings. The largest absolute Gasteiger partial charge is 0.490 e. The van der Waals surface area contributed by atoms with E-state index < -0.39 is 27.8 Å². The fourth-order valence-electron chi connectivity index (χ4n) is 6.84. The summed E-state index contributed by atoms with van der Waals surface area (Å²) >= 11 is 0. The van der Waals surface area contributed by atoms with Crippen LogP contribution in [0.4, 0.5) is 8.78 Å². The molecular formula is C31H33F2NO6S. The molecule has 2 bridgehead atoms. The van der Waals surface area contributed by atoms with Gasteiger partial charge in [-0.1, -0.05) is 0 Å². The average molecular weight is 586 g/mol. The number of hydrogen-bond acceptors (Lipinski definition) is 7. The van der Waals surface area contributed by atoms with Gasteiger partial charge in [-0.25, -0.2) is 22.2 Å². The molecule has 2 fully saturated rings. The molecule has 2 saturated carbocycles. The number of rotatable bonds is 8. The number of aliphatic hydroxyl groups excluding tert-OH is 1. The molecule has 10 heteroatoms. The van der Waals surface area contributed by atoms with Gasteiger partial charge in [0.1, 0.15) is 30.1 Å². The lowest BCUT2D eigenvalue weighted by atomic mass is 9.84. The fourth-order valence-corrected chi connectivity index (χ4v) is 7.96. The molecule has 0 aliphatic heterocycles. The van der Waals surface area contributed by atoms with Crippen molar-refractivity contribution >= 4 is 9.84 Å². The van der Waals surface area contributed by atoms with E-state index in [0.29, 0.717) is 36.5 Å². The van der Waals surface area contributed by atoms with Crippen LogP contribution in [0.5, 0.6) is 11.6 Å². The summed E-state index contributed by atoms with van der Waals surface area (Å²) in [5.41, 5.74) is 4.66. The third-order valence-corrected chi connectivity index (χ3v) is 10.6. The number of aryl methyl sites for hydroxylation is 2. The van der Waals surface area contributed by atoms with E-state index in [9.17, 15) is 23.0 Å². The van der Waals surface area contributed by atoms with E-state index in [0.717, 1.165) is 34.7 Å². The molecule has 0 spiro atoms. The lowest BCUT2D eigenvalue weighted by Crippen LogP contribution is -2.42. The van der Waals surface area contributed by atoms with E-state index in [2.05, 4.69) is 4.98 Å². The second kappa shape index (κ2) is 10.3. The minimum absolute atomic E-state index is 0.0649. The van der Waals surface area contributed by atoms with Crippen molar-refractivity contribution in [2.75, 3.05) is 6.26 Å². The highest BCUT2D eigenvalue weighted by Crippen LogP contribution is 2.57. The fraction of sp³-hybridized carbons (Fsp3) is 0.452. The van der Waals surface area contributed by atoms with Crippen LogP contribution in [0.2, 0.25) is 0 Å². The van der Waals surface area contributed by atoms with E-state index >= 15 is 4.39 Å². The molecular weight excluding hydrogens is 552 g/mol. The number of sulfone groups is 1. The molecule has 2 N–H and O–H groups in total. The van der Waals surface area contributed by atoms with Gasteiger partial charge >= 0.3 is 0 Å². The van der Waals surface area contributed by atoms with Gasteiger partial charge in [-0.2, -0.15) is 0 Å². The zero-order valence-corrected chi connectivity index (χ0v) is 23.9. The molecule has 6 rings (SSSR count). The Bertz CT molecular complexity index is 1600. The summed E-state index contributed by atoms with van der Waals surface area (Å²) in [6.45, 7) is 3.52. The number of ether oxygens (including phenoxy) is 2. The van der Waals surface area contributed by atoms with E-state index in [1.807, 2.05) is 19.9 Å². The molecule has 0 saturated heterocycles. The Hall–Kier alpha value is -3.08. The number of nitrogens with zero attached hydrogens (tertiary/aromatic N) is 1. The molecule has 3 aliphatic rings. The van der Waals surface area contributed by atoms with Gasteiger partial charge in [-0.15, -0.1) is 0 Å². The molecule has 0 radical (unpaired) electrons. The molecule has 1 heterocycles. The van der Waals surface area contributed by atoms with Gasteiger partial charge in [-0.05, 0) is 84.5 Å². The Morgan fingerprint density at radius 3 is 2.34 bits per heavy atom. The minimum Gasteiger partial charge on any atom is -0.490 e. The van der Waals surface area contributed by atoms with Gasteiger partial charge in [0.15, 0.2) is 16.1 Å². The molecule has 3 atom stereocenters. The van der Waals surface area contributed by atoms with Crippen molar-refractivity contribution in [1.29, 1.82) is 0 Å². The summed E-state index contributed by atoms with van der Waals surface area (Å²) < 4.78 is 65.1. The standard InChI is InChI=1S/C31H33F2NO6S/c1-15-4-19(40-20-9-21(10-20)41(3,37)38)5-16(2)30(15)25-8-18(27(32)12-28(25)33)14-39-29-11-22-17-6-23(26(22)13-34-29)24(7-17)31(35)36/h4-5,8,11-13,17,20-21,23-24,31,35-36H,6-7,9-10,14H2,1-3H3/t17?,20?,21?,23-,24-/m0/s1. The zero-order chi connectivity index (χ0) is 29.2. The normalized spacial score (nSPS) is 24.8. The highest BCUT2D eigenvalue weighted by molar-refractivity contribution is 7.91. The SMILES string of the molecule is Cc1cc(OC2CC(S(C)(=O)=O)C2)cc(C)c1-c1cc(COc2cc3c(cn2)[C@H]2CC3C[C@@H]2C(O)O)c(F)cc1F. The molecule has 218 valence electrons. The van der Waals surface area contributed by atoms with Crippen LogP contribution in [-0.4, -0.2) is 47.5 Å². The Morgan fingerprint density at radius 2 is 1.68 bits per heavy atom. The van der Waals surface area contributed by atoms with Crippen LogP contribution in [0, 0.1) is 31.4 Å². The lowest BCUT2D eigenvalue weighted by molar-refractivity contribution is -0.0874. The Balaban J connectivity index is 1.18. The quantitative estimate of drug-likeness (QED) is 0.355. The van der Waals surface area contributed by atoms with Crippen molar-refractivity contribution < 1.29 is 36.9 Å². The molecule has 1 aromatic heterocycles. The van der Waals surface area contributed by atoms with Crippen molar-refractivity contribution in [1.82, 2.24) is 4.98 Å². The van der Waals surface area contributed by atoms with Gasteiger partial charge in [0, 0.05) is 54.5 Å². The van der Waals surface area contributed by atoms with Gasteiger partial charge in [0.2, 0.25) is 5.88 Å². The maximum atomic E-state index is 15.1. The lowest BCUT2D eigenvalue weighted by Gasteiger charge is -2.34. The molecule has 7 nitrogen and oxygen atoms in total. The zero-order valence-electron chi connectivity index (χ0n) is 23.1. The second-order valence-electron chi connectivity index (χ2n) is 11.8. The van der Waals surface area contributed by atoms with Crippen LogP contribution >= 0.6 is 0 Å². The molecule has 2 aromatic carbocycles. The van der Waals surface area contributed by atoms with Gasteiger partial charge in [0.05, 0.1) is 5.25 Å². The smallest absolute Gasteiger partial charge is 0.213 e. The van der Waals surface area contributed by atoms with Crippen molar-refractivity contribution in [2.24, 2.45) is 5.92 Å². The third-order valence-electron chi connectivity index (χ3n) is 9.02. The van der Waals surface area contributed by atoms with Crippen molar-refractivity contribution in [3.8, 4) is 22.8 Å². The summed E-state index contributed by atoms with van der Waals surface area (Å²) in [7, 11) is -3.08. The maximum Gasteiger partial charge on any atom is 0.213 e. The van der Waals surface area contributed by atoms with E-state index in [1.165, 1.54) is 12.3 Å². The van der Waals surface area contributed by atoms with E-state index in [-0.39, 0.29) is 46.8 Å². The van der Waals surface area contributed by atoms with Crippen LogP contribution in [-0.2, 0) is 16.4 Å². The molecule has 3 aliphatic carbocycles. The number of aromatic nitrogens is 1. The molecule has 1 unspecified atom stereocenters. The van der Waals surface area contributed by atoms with Gasteiger partial charge in [0.25, 0.3) is 0 Å². The van der Waals surface area contributed by atoms with Crippen LogP contribution in [0.1, 0.15) is 65.3 Å². The summed E-state index contributed by atoms with van der Waals surface area (Å²) in [4.78, 5) is 4.37. The summed E-state index contributed by atoms with van der Waals surface area (Å²) in [5, 5.41) is 19.0. The molecule has 0 amide bonds. The van der Waals surface area contributed by atoms with Crippen molar-refractivity contribution in [3.05, 3.63) is 76.0 Å². The highest BCUT2D eigenvalue weighted by Gasteiger charge is 2.46. The number of fused-ring (bicyclic) bond motifs is 5. The number of hydrogen-bond donors (Lipinski definition) is 2. The first kappa shape index (κ1) is 28.1.